The van der Waals surface area contributed by atoms with Crippen LogP contribution in [0.1, 0.15) is 43.7 Å². The maximum Gasteiger partial charge on any atom is 0.0331 e. The molecular formula is C14H24N2S. The summed E-state index contributed by atoms with van der Waals surface area (Å²) in [5, 5.41) is 2.23. The van der Waals surface area contributed by atoms with E-state index in [4.69, 9.17) is 5.73 Å². The van der Waals surface area contributed by atoms with Gasteiger partial charge in [-0.15, -0.1) is 11.3 Å². The predicted octanol–water partition coefficient (Wildman–Crippen LogP) is 3.04. The smallest absolute Gasteiger partial charge is 0.0331 e. The molecule has 2 nitrogen and oxygen atoms in total. The quantitative estimate of drug-likeness (QED) is 0.892. The Morgan fingerprint density at radius 3 is 3.00 bits per heavy atom. The van der Waals surface area contributed by atoms with E-state index in [-0.39, 0.29) is 5.41 Å². The Morgan fingerprint density at radius 1 is 1.59 bits per heavy atom. The molecule has 2 rings (SSSR count). The summed E-state index contributed by atoms with van der Waals surface area (Å²) >= 11 is 1.91. The van der Waals surface area contributed by atoms with Crippen LogP contribution in [0.15, 0.2) is 11.4 Å². The molecule has 2 unspecified atom stereocenters. The van der Waals surface area contributed by atoms with Crippen LogP contribution in [0, 0.1) is 5.41 Å². The van der Waals surface area contributed by atoms with E-state index in [0.29, 0.717) is 6.04 Å². The van der Waals surface area contributed by atoms with Crippen molar-refractivity contribution in [1.82, 2.24) is 4.90 Å². The van der Waals surface area contributed by atoms with Gasteiger partial charge in [-0.25, -0.2) is 0 Å². The number of thiophene rings is 1. The Bertz CT molecular complexity index is 368. The Hall–Kier alpha value is -0.380. The van der Waals surface area contributed by atoms with E-state index in [1.165, 1.54) is 18.5 Å². The van der Waals surface area contributed by atoms with E-state index >= 15 is 0 Å². The van der Waals surface area contributed by atoms with Crippen LogP contribution in [-0.2, 0) is 6.42 Å². The van der Waals surface area contributed by atoms with Crippen LogP contribution >= 0.6 is 11.3 Å². The van der Waals surface area contributed by atoms with E-state index in [0.717, 1.165) is 19.5 Å². The fourth-order valence-corrected chi connectivity index (χ4v) is 3.55. The second-order valence-electron chi connectivity index (χ2n) is 5.56. The van der Waals surface area contributed by atoms with Gasteiger partial charge < -0.3 is 5.73 Å². The monoisotopic (exact) mass is 252 g/mol. The lowest BCUT2D eigenvalue weighted by atomic mass is 9.85. The molecule has 3 heteroatoms. The van der Waals surface area contributed by atoms with Gasteiger partial charge >= 0.3 is 0 Å². The third kappa shape index (κ3) is 2.56. The Morgan fingerprint density at radius 2 is 2.35 bits per heavy atom. The normalized spacial score (nSPS) is 24.4. The minimum absolute atomic E-state index is 0.266. The average Bonchev–Trinajstić information content (AvgIpc) is 2.82. The summed E-state index contributed by atoms with van der Waals surface area (Å²) in [5.41, 5.74) is 7.73. The molecule has 96 valence electrons. The van der Waals surface area contributed by atoms with Gasteiger partial charge in [0.1, 0.15) is 0 Å². The summed E-state index contributed by atoms with van der Waals surface area (Å²) in [4.78, 5) is 4.19. The molecular weight excluding hydrogens is 228 g/mol. The van der Waals surface area contributed by atoms with E-state index in [9.17, 15) is 0 Å². The zero-order chi connectivity index (χ0) is 12.5. The van der Waals surface area contributed by atoms with Crippen molar-refractivity contribution in [3.8, 4) is 0 Å². The summed E-state index contributed by atoms with van der Waals surface area (Å²) < 4.78 is 0. The number of rotatable bonds is 4. The largest absolute Gasteiger partial charge is 0.330 e. The highest BCUT2D eigenvalue weighted by Crippen LogP contribution is 2.35. The van der Waals surface area contributed by atoms with Crippen molar-refractivity contribution in [2.24, 2.45) is 11.1 Å². The first-order chi connectivity index (χ1) is 8.09. The van der Waals surface area contributed by atoms with Crippen molar-refractivity contribution >= 4 is 11.3 Å². The fourth-order valence-electron chi connectivity index (χ4n) is 2.59. The van der Waals surface area contributed by atoms with Gasteiger partial charge in [0.05, 0.1) is 0 Å². The first-order valence-corrected chi connectivity index (χ1v) is 7.48. The maximum atomic E-state index is 5.93. The highest BCUT2D eigenvalue weighted by atomic mass is 32.1. The van der Waals surface area contributed by atoms with Gasteiger partial charge in [-0.3, -0.25) is 4.90 Å². The third-order valence-corrected chi connectivity index (χ3v) is 5.33. The van der Waals surface area contributed by atoms with Crippen LogP contribution in [0.25, 0.3) is 0 Å². The molecule has 0 spiro atoms. The molecule has 0 saturated heterocycles. The van der Waals surface area contributed by atoms with E-state index in [1.807, 2.05) is 11.3 Å². The molecule has 1 aromatic rings. The molecule has 0 bridgehead atoms. The van der Waals surface area contributed by atoms with Gasteiger partial charge in [0.2, 0.25) is 0 Å². The van der Waals surface area contributed by atoms with Gasteiger partial charge in [0, 0.05) is 24.0 Å². The number of nitrogens with two attached hydrogens (primary N) is 1. The van der Waals surface area contributed by atoms with E-state index in [2.05, 4.69) is 37.1 Å². The minimum atomic E-state index is 0.266. The molecule has 1 aliphatic heterocycles. The Kier molecular flexibility index (Phi) is 3.91. The fraction of sp³-hybridized carbons (Fsp3) is 0.714. The zero-order valence-electron chi connectivity index (χ0n) is 11.2. The van der Waals surface area contributed by atoms with Crippen molar-refractivity contribution in [1.29, 1.82) is 0 Å². The van der Waals surface area contributed by atoms with Crippen LogP contribution in [-0.4, -0.2) is 24.5 Å². The van der Waals surface area contributed by atoms with Gasteiger partial charge in [-0.05, 0) is 48.7 Å². The van der Waals surface area contributed by atoms with Crippen molar-refractivity contribution in [3.05, 3.63) is 21.9 Å². The summed E-state index contributed by atoms with van der Waals surface area (Å²) in [6.45, 7) is 9.97. The Labute approximate surface area is 109 Å². The maximum absolute atomic E-state index is 5.93. The molecule has 0 radical (unpaired) electrons. The third-order valence-electron chi connectivity index (χ3n) is 4.33. The van der Waals surface area contributed by atoms with Crippen molar-refractivity contribution in [3.63, 3.8) is 0 Å². The molecule has 17 heavy (non-hydrogen) atoms. The number of hydrogen-bond donors (Lipinski definition) is 1. The molecule has 1 aromatic heterocycles. The molecule has 2 atom stereocenters. The molecule has 0 aromatic carbocycles. The van der Waals surface area contributed by atoms with Gasteiger partial charge in [0.15, 0.2) is 0 Å². The summed E-state index contributed by atoms with van der Waals surface area (Å²) in [6.07, 6.45) is 2.37. The van der Waals surface area contributed by atoms with Gasteiger partial charge in [-0.1, -0.05) is 13.8 Å². The van der Waals surface area contributed by atoms with Crippen LogP contribution in [0.5, 0.6) is 0 Å². The number of fused-ring (bicyclic) bond motifs is 1. The van der Waals surface area contributed by atoms with E-state index < -0.39 is 0 Å². The second kappa shape index (κ2) is 5.09. The van der Waals surface area contributed by atoms with Crippen LogP contribution in [0.2, 0.25) is 0 Å². The van der Waals surface area contributed by atoms with Gasteiger partial charge in [-0.2, -0.15) is 0 Å². The van der Waals surface area contributed by atoms with Crippen molar-refractivity contribution in [2.75, 3.05) is 19.6 Å². The number of hydrogen-bond acceptors (Lipinski definition) is 3. The first kappa shape index (κ1) is 13.1. The van der Waals surface area contributed by atoms with Crippen molar-refractivity contribution < 1.29 is 0 Å². The highest BCUT2D eigenvalue weighted by Gasteiger charge is 2.30. The van der Waals surface area contributed by atoms with Gasteiger partial charge in [0.25, 0.3) is 0 Å². The molecule has 2 N–H and O–H groups in total. The summed E-state index contributed by atoms with van der Waals surface area (Å²) in [6, 6.07) is 2.85. The first-order valence-electron chi connectivity index (χ1n) is 6.60. The number of nitrogens with zero attached hydrogens (tertiary/aromatic N) is 1. The summed E-state index contributed by atoms with van der Waals surface area (Å²) in [5.74, 6) is 0. The second-order valence-corrected chi connectivity index (χ2v) is 6.56. The lowest BCUT2D eigenvalue weighted by Crippen LogP contribution is -2.43. The molecule has 0 amide bonds. The molecule has 0 fully saturated rings. The Balaban J connectivity index is 2.10. The lowest BCUT2D eigenvalue weighted by Gasteiger charge is -2.40. The standard InChI is InChI=1S/C14H24N2S/c1-4-14(3,9-15)10-16-7-5-13-12(11(16)2)6-8-17-13/h6,8,11H,4-5,7,9-10,15H2,1-3H3. The molecule has 1 aliphatic rings. The molecule has 0 saturated carbocycles. The zero-order valence-corrected chi connectivity index (χ0v) is 12.0. The molecule has 2 heterocycles. The minimum Gasteiger partial charge on any atom is -0.330 e. The van der Waals surface area contributed by atoms with Crippen LogP contribution < -0.4 is 5.73 Å². The van der Waals surface area contributed by atoms with Crippen LogP contribution in [0.3, 0.4) is 0 Å². The predicted molar refractivity (Wildman–Crippen MR) is 75.5 cm³/mol. The van der Waals surface area contributed by atoms with Crippen molar-refractivity contribution in [2.45, 2.75) is 39.7 Å². The highest BCUT2D eigenvalue weighted by molar-refractivity contribution is 7.10. The van der Waals surface area contributed by atoms with E-state index in [1.54, 1.807) is 4.88 Å². The molecule has 0 aliphatic carbocycles. The average molecular weight is 252 g/mol. The topological polar surface area (TPSA) is 29.3 Å². The SMILES string of the molecule is CCC(C)(CN)CN1CCc2sccc2C1C. The van der Waals surface area contributed by atoms with Crippen LogP contribution in [0.4, 0.5) is 0 Å². The lowest BCUT2D eigenvalue weighted by molar-refractivity contribution is 0.120. The summed E-state index contributed by atoms with van der Waals surface area (Å²) in [7, 11) is 0.